The van der Waals surface area contributed by atoms with Crippen LogP contribution in [-0.2, 0) is 0 Å². The molecule has 170 valence electrons. The van der Waals surface area contributed by atoms with E-state index in [0.29, 0.717) is 16.9 Å². The molecular weight excluding hydrogens is 501 g/mol. The van der Waals surface area contributed by atoms with Crippen molar-refractivity contribution in [2.75, 3.05) is 5.32 Å². The van der Waals surface area contributed by atoms with E-state index in [1.54, 1.807) is 36.4 Å². The van der Waals surface area contributed by atoms with Gasteiger partial charge in [0, 0.05) is 11.3 Å². The maximum Gasteiger partial charge on any atom is 0.253 e. The summed E-state index contributed by atoms with van der Waals surface area (Å²) < 4.78 is -1.86. The first-order chi connectivity index (χ1) is 15.7. The molecule has 0 heterocycles. The molecule has 0 unspecified atom stereocenters. The monoisotopic (exact) mass is 519 g/mol. The highest BCUT2D eigenvalue weighted by Gasteiger charge is 2.35. The number of benzene rings is 3. The molecule has 0 saturated carbocycles. The molecule has 3 rings (SSSR count). The molecule has 0 aliphatic rings. The van der Waals surface area contributed by atoms with E-state index < -0.39 is 15.9 Å². The van der Waals surface area contributed by atoms with Crippen molar-refractivity contribution in [1.29, 1.82) is 0 Å². The standard InChI is InChI=1S/C23H20Cl3N5OS/c1-15-7-5-6-10-19(15)20(32)28-21(23(24,25)26)29-22(33)27-16-11-13-18(14-12-16)31-30-17-8-3-2-4-9-17/h2-14,21H,1H3,(H,28,32)(H2,27,29,33)/t21-/m0/s1. The van der Waals surface area contributed by atoms with Gasteiger partial charge in [0.1, 0.15) is 6.17 Å². The first-order valence-corrected chi connectivity index (χ1v) is 11.3. The highest BCUT2D eigenvalue weighted by molar-refractivity contribution is 7.80. The molecule has 0 spiro atoms. The van der Waals surface area contributed by atoms with Gasteiger partial charge in [-0.1, -0.05) is 71.2 Å². The second-order valence-corrected chi connectivity index (χ2v) is 9.72. The van der Waals surface area contributed by atoms with Gasteiger partial charge in [-0.2, -0.15) is 10.2 Å². The van der Waals surface area contributed by atoms with Gasteiger partial charge in [-0.3, -0.25) is 4.79 Å². The summed E-state index contributed by atoms with van der Waals surface area (Å²) in [6, 6.07) is 23.7. The number of hydrogen-bond acceptors (Lipinski definition) is 4. The zero-order chi connectivity index (χ0) is 23.8. The van der Waals surface area contributed by atoms with Crippen LogP contribution in [0.3, 0.4) is 0 Å². The fraction of sp³-hybridized carbons (Fsp3) is 0.130. The summed E-state index contributed by atoms with van der Waals surface area (Å²) in [7, 11) is 0. The first kappa shape index (κ1) is 24.9. The summed E-state index contributed by atoms with van der Waals surface area (Å²) in [6.07, 6.45) is -1.08. The minimum absolute atomic E-state index is 0.162. The summed E-state index contributed by atoms with van der Waals surface area (Å²) in [4.78, 5) is 12.7. The molecule has 3 N–H and O–H groups in total. The van der Waals surface area contributed by atoms with Crippen molar-refractivity contribution in [3.05, 3.63) is 90.0 Å². The summed E-state index contributed by atoms with van der Waals surface area (Å²) in [5.41, 5.74) is 3.38. The molecule has 1 atom stereocenters. The van der Waals surface area contributed by atoms with Crippen molar-refractivity contribution in [3.63, 3.8) is 0 Å². The fourth-order valence-corrected chi connectivity index (χ4v) is 3.32. The van der Waals surface area contributed by atoms with Crippen LogP contribution in [0.4, 0.5) is 17.1 Å². The number of hydrogen-bond donors (Lipinski definition) is 3. The van der Waals surface area contributed by atoms with Crippen LogP contribution in [-0.4, -0.2) is 21.0 Å². The highest BCUT2D eigenvalue weighted by atomic mass is 35.6. The highest BCUT2D eigenvalue weighted by Crippen LogP contribution is 2.29. The SMILES string of the molecule is Cc1ccccc1C(=O)N[C@@H](NC(=S)Nc1ccc(N=Nc2ccccc2)cc1)C(Cl)(Cl)Cl. The molecular formula is C23H20Cl3N5OS. The van der Waals surface area contributed by atoms with E-state index >= 15 is 0 Å². The van der Waals surface area contributed by atoms with E-state index in [4.69, 9.17) is 47.0 Å². The smallest absolute Gasteiger partial charge is 0.253 e. The Balaban J connectivity index is 1.61. The Bertz CT molecular complexity index is 1130. The van der Waals surface area contributed by atoms with Crippen molar-refractivity contribution in [2.45, 2.75) is 16.9 Å². The molecule has 0 saturated heterocycles. The number of azo groups is 1. The molecule has 3 aromatic rings. The van der Waals surface area contributed by atoms with Gasteiger partial charge in [-0.05, 0) is 67.2 Å². The summed E-state index contributed by atoms with van der Waals surface area (Å²) >= 11 is 23.5. The number of nitrogens with zero attached hydrogens (tertiary/aromatic N) is 2. The van der Waals surface area contributed by atoms with E-state index in [2.05, 4.69) is 26.2 Å². The Kier molecular flexibility index (Phi) is 8.63. The number of anilines is 1. The van der Waals surface area contributed by atoms with Gasteiger partial charge in [0.25, 0.3) is 5.91 Å². The lowest BCUT2D eigenvalue weighted by molar-refractivity contribution is 0.0934. The third kappa shape index (κ3) is 7.68. The predicted molar refractivity (Wildman–Crippen MR) is 139 cm³/mol. The van der Waals surface area contributed by atoms with E-state index in [9.17, 15) is 4.79 Å². The van der Waals surface area contributed by atoms with Gasteiger partial charge >= 0.3 is 0 Å². The molecule has 0 aliphatic carbocycles. The van der Waals surface area contributed by atoms with Crippen molar-refractivity contribution in [1.82, 2.24) is 10.6 Å². The van der Waals surface area contributed by atoms with Gasteiger partial charge in [0.05, 0.1) is 11.4 Å². The van der Waals surface area contributed by atoms with E-state index in [-0.39, 0.29) is 5.11 Å². The van der Waals surface area contributed by atoms with Crippen LogP contribution >= 0.6 is 47.0 Å². The Morgan fingerprint density at radius 3 is 2.03 bits per heavy atom. The lowest BCUT2D eigenvalue weighted by Gasteiger charge is -2.28. The number of alkyl halides is 3. The maximum atomic E-state index is 12.7. The van der Waals surface area contributed by atoms with Crippen molar-refractivity contribution >= 4 is 75.1 Å². The molecule has 0 aromatic heterocycles. The molecule has 10 heteroatoms. The lowest BCUT2D eigenvalue weighted by Crippen LogP contribution is -2.56. The van der Waals surface area contributed by atoms with E-state index in [0.717, 1.165) is 11.3 Å². The van der Waals surface area contributed by atoms with Crippen LogP contribution in [0, 0.1) is 6.92 Å². The zero-order valence-corrected chi connectivity index (χ0v) is 20.5. The molecule has 33 heavy (non-hydrogen) atoms. The molecule has 6 nitrogen and oxygen atoms in total. The van der Waals surface area contributed by atoms with Crippen molar-refractivity contribution < 1.29 is 4.79 Å². The number of nitrogens with one attached hydrogen (secondary N) is 3. The molecule has 3 aromatic carbocycles. The minimum Gasteiger partial charge on any atom is -0.339 e. The summed E-state index contributed by atoms with van der Waals surface area (Å²) in [5, 5.41) is 17.0. The van der Waals surface area contributed by atoms with Gasteiger partial charge in [0.15, 0.2) is 5.11 Å². The van der Waals surface area contributed by atoms with Crippen LogP contribution in [0.1, 0.15) is 15.9 Å². The van der Waals surface area contributed by atoms with Gasteiger partial charge in [0.2, 0.25) is 3.79 Å². The van der Waals surface area contributed by atoms with Crippen LogP contribution in [0.25, 0.3) is 0 Å². The Hall–Kier alpha value is -2.71. The Labute approximate surface area is 212 Å². The number of aryl methyl sites for hydroxylation is 1. The normalized spacial score (nSPS) is 12.2. The second-order valence-electron chi connectivity index (χ2n) is 6.94. The van der Waals surface area contributed by atoms with Gasteiger partial charge in [-0.25, -0.2) is 0 Å². The first-order valence-electron chi connectivity index (χ1n) is 9.80. The predicted octanol–water partition coefficient (Wildman–Crippen LogP) is 6.82. The summed E-state index contributed by atoms with van der Waals surface area (Å²) in [5.74, 6) is -0.396. The van der Waals surface area contributed by atoms with Crippen LogP contribution in [0.5, 0.6) is 0 Å². The number of rotatable bonds is 6. The minimum atomic E-state index is -1.86. The molecule has 0 fully saturated rings. The molecule has 0 bridgehead atoms. The van der Waals surface area contributed by atoms with Gasteiger partial charge < -0.3 is 16.0 Å². The number of carbonyl (C=O) groups is 1. The third-order valence-electron chi connectivity index (χ3n) is 4.43. The van der Waals surface area contributed by atoms with Gasteiger partial charge in [-0.15, -0.1) is 0 Å². The van der Waals surface area contributed by atoms with Crippen molar-refractivity contribution in [3.8, 4) is 0 Å². The zero-order valence-electron chi connectivity index (χ0n) is 17.4. The van der Waals surface area contributed by atoms with E-state index in [1.165, 1.54) is 0 Å². The van der Waals surface area contributed by atoms with Crippen LogP contribution in [0.15, 0.2) is 89.1 Å². The van der Waals surface area contributed by atoms with Crippen LogP contribution in [0.2, 0.25) is 0 Å². The number of halogens is 3. The molecule has 0 radical (unpaired) electrons. The topological polar surface area (TPSA) is 77.9 Å². The second kappa shape index (κ2) is 11.4. The van der Waals surface area contributed by atoms with Crippen molar-refractivity contribution in [2.24, 2.45) is 10.2 Å². The maximum absolute atomic E-state index is 12.7. The average molecular weight is 521 g/mol. The number of thiocarbonyl (C=S) groups is 1. The fourth-order valence-electron chi connectivity index (χ4n) is 2.76. The lowest BCUT2D eigenvalue weighted by atomic mass is 10.1. The average Bonchev–Trinajstić information content (AvgIpc) is 2.78. The van der Waals surface area contributed by atoms with E-state index in [1.807, 2.05) is 49.4 Å². The molecule has 1 amide bonds. The third-order valence-corrected chi connectivity index (χ3v) is 5.30. The summed E-state index contributed by atoms with van der Waals surface area (Å²) in [6.45, 7) is 1.82. The number of carbonyl (C=O) groups excluding carboxylic acids is 1. The van der Waals surface area contributed by atoms with Crippen LogP contribution < -0.4 is 16.0 Å². The quantitative estimate of drug-likeness (QED) is 0.144. The molecule has 0 aliphatic heterocycles. The Morgan fingerprint density at radius 1 is 0.848 bits per heavy atom. The Morgan fingerprint density at radius 2 is 1.42 bits per heavy atom. The largest absolute Gasteiger partial charge is 0.339 e. The number of amides is 1.